The molecule has 1 N–H and O–H groups in total. The molecule has 0 saturated carbocycles. The molecule has 1 amide bonds. The summed E-state index contributed by atoms with van der Waals surface area (Å²) in [7, 11) is 1.08. The van der Waals surface area contributed by atoms with Crippen molar-refractivity contribution in [2.24, 2.45) is 0 Å². The summed E-state index contributed by atoms with van der Waals surface area (Å²) in [5.74, 6) is -1.91. The SMILES string of the molecule is CN(C(=O)C(F)(F)F)c1ccc2nc[nH]c2c1. The van der Waals surface area contributed by atoms with Gasteiger partial charge in [-0.1, -0.05) is 0 Å². The molecule has 0 aliphatic rings. The minimum absolute atomic E-state index is 0.157. The van der Waals surface area contributed by atoms with Gasteiger partial charge in [0.15, 0.2) is 0 Å². The van der Waals surface area contributed by atoms with Crippen molar-refractivity contribution in [2.45, 2.75) is 6.18 Å². The van der Waals surface area contributed by atoms with Crippen LogP contribution in [0.25, 0.3) is 11.0 Å². The number of alkyl halides is 3. The number of amides is 1. The quantitative estimate of drug-likeness (QED) is 0.833. The average molecular weight is 243 g/mol. The predicted octanol–water partition coefficient (Wildman–Crippen LogP) is 2.09. The van der Waals surface area contributed by atoms with E-state index in [2.05, 4.69) is 9.97 Å². The second-order valence-electron chi connectivity index (χ2n) is 3.47. The highest BCUT2D eigenvalue weighted by atomic mass is 19.4. The van der Waals surface area contributed by atoms with Crippen LogP contribution < -0.4 is 4.90 Å². The number of nitrogens with one attached hydrogen (secondary N) is 1. The smallest absolute Gasteiger partial charge is 0.345 e. The molecule has 2 aromatic rings. The molecule has 2 rings (SSSR count). The molecule has 17 heavy (non-hydrogen) atoms. The molecule has 1 heterocycles. The summed E-state index contributed by atoms with van der Waals surface area (Å²) in [6.07, 6.45) is -3.45. The molecule has 4 nitrogen and oxygen atoms in total. The van der Waals surface area contributed by atoms with Gasteiger partial charge in [-0.3, -0.25) is 4.79 Å². The van der Waals surface area contributed by atoms with Gasteiger partial charge in [-0.05, 0) is 18.2 Å². The first-order valence-corrected chi connectivity index (χ1v) is 4.67. The van der Waals surface area contributed by atoms with Gasteiger partial charge < -0.3 is 9.88 Å². The first kappa shape index (κ1) is 11.4. The number of fused-ring (bicyclic) bond motifs is 1. The number of halogens is 3. The van der Waals surface area contributed by atoms with Crippen molar-refractivity contribution in [3.63, 3.8) is 0 Å². The van der Waals surface area contributed by atoms with Crippen LogP contribution in [0.2, 0.25) is 0 Å². The first-order chi connectivity index (χ1) is 7.89. The molecule has 0 unspecified atom stereocenters. The monoisotopic (exact) mass is 243 g/mol. The Morgan fingerprint density at radius 3 is 2.76 bits per heavy atom. The first-order valence-electron chi connectivity index (χ1n) is 4.67. The van der Waals surface area contributed by atoms with Gasteiger partial charge >= 0.3 is 12.1 Å². The van der Waals surface area contributed by atoms with Crippen LogP contribution in [0, 0.1) is 0 Å². The van der Waals surface area contributed by atoms with Crippen molar-refractivity contribution < 1.29 is 18.0 Å². The van der Waals surface area contributed by atoms with E-state index in [1.807, 2.05) is 0 Å². The number of hydrogen-bond acceptors (Lipinski definition) is 2. The fourth-order valence-electron chi connectivity index (χ4n) is 1.44. The Morgan fingerprint density at radius 1 is 1.41 bits per heavy atom. The molecule has 7 heteroatoms. The summed E-state index contributed by atoms with van der Waals surface area (Å²) in [4.78, 5) is 18.3. The fourth-order valence-corrected chi connectivity index (χ4v) is 1.44. The van der Waals surface area contributed by atoms with E-state index >= 15 is 0 Å². The van der Waals surface area contributed by atoms with Gasteiger partial charge in [0.2, 0.25) is 0 Å². The molecule has 1 aromatic heterocycles. The molecule has 0 atom stereocenters. The van der Waals surface area contributed by atoms with Crippen LogP contribution in [-0.2, 0) is 4.79 Å². The lowest BCUT2D eigenvalue weighted by atomic mass is 10.2. The van der Waals surface area contributed by atoms with E-state index in [9.17, 15) is 18.0 Å². The Balaban J connectivity index is 2.36. The fraction of sp³-hybridized carbons (Fsp3) is 0.200. The molecule has 0 aliphatic carbocycles. The second kappa shape index (κ2) is 3.76. The second-order valence-corrected chi connectivity index (χ2v) is 3.47. The molecule has 90 valence electrons. The van der Waals surface area contributed by atoms with Crippen molar-refractivity contribution in [1.82, 2.24) is 9.97 Å². The molecule has 1 aromatic carbocycles. The van der Waals surface area contributed by atoms with E-state index in [0.717, 1.165) is 7.05 Å². The van der Waals surface area contributed by atoms with Gasteiger partial charge in [0.1, 0.15) is 0 Å². The van der Waals surface area contributed by atoms with Gasteiger partial charge in [0, 0.05) is 12.7 Å². The number of nitrogens with zero attached hydrogens (tertiary/aromatic N) is 2. The van der Waals surface area contributed by atoms with E-state index in [4.69, 9.17) is 0 Å². The number of hydrogen-bond donors (Lipinski definition) is 1. The molecular weight excluding hydrogens is 235 g/mol. The zero-order chi connectivity index (χ0) is 12.6. The molecule has 0 radical (unpaired) electrons. The summed E-state index contributed by atoms with van der Waals surface area (Å²) in [5.41, 5.74) is 1.36. The Labute approximate surface area is 94.1 Å². The Morgan fingerprint density at radius 2 is 2.12 bits per heavy atom. The summed E-state index contributed by atoms with van der Waals surface area (Å²) in [6.45, 7) is 0. The summed E-state index contributed by atoms with van der Waals surface area (Å²) in [6, 6.07) is 4.39. The average Bonchev–Trinajstić information content (AvgIpc) is 2.72. The van der Waals surface area contributed by atoms with Gasteiger partial charge in [0.25, 0.3) is 0 Å². The minimum Gasteiger partial charge on any atom is -0.345 e. The number of H-pyrrole nitrogens is 1. The van der Waals surface area contributed by atoms with Crippen LogP contribution in [-0.4, -0.2) is 29.1 Å². The van der Waals surface area contributed by atoms with Crippen molar-refractivity contribution in [2.75, 3.05) is 11.9 Å². The highest BCUT2D eigenvalue weighted by Crippen LogP contribution is 2.24. The number of benzene rings is 1. The van der Waals surface area contributed by atoms with E-state index in [1.54, 1.807) is 6.07 Å². The highest BCUT2D eigenvalue weighted by molar-refractivity contribution is 5.98. The van der Waals surface area contributed by atoms with Gasteiger partial charge in [-0.2, -0.15) is 13.2 Å². The molecule has 0 saturated heterocycles. The topological polar surface area (TPSA) is 49.0 Å². The Bertz CT molecular complexity index is 561. The third-order valence-electron chi connectivity index (χ3n) is 2.34. The maximum Gasteiger partial charge on any atom is 0.471 e. The largest absolute Gasteiger partial charge is 0.471 e. The number of aromatic amines is 1. The van der Waals surface area contributed by atoms with Crippen LogP contribution >= 0.6 is 0 Å². The lowest BCUT2D eigenvalue weighted by molar-refractivity contribution is -0.170. The highest BCUT2D eigenvalue weighted by Gasteiger charge is 2.41. The predicted molar refractivity (Wildman–Crippen MR) is 55.6 cm³/mol. The lowest BCUT2D eigenvalue weighted by Crippen LogP contribution is -2.38. The normalized spacial score (nSPS) is 11.8. The van der Waals surface area contributed by atoms with Crippen LogP contribution in [0.3, 0.4) is 0 Å². The van der Waals surface area contributed by atoms with Crippen molar-refractivity contribution in [3.05, 3.63) is 24.5 Å². The van der Waals surface area contributed by atoms with Crippen molar-refractivity contribution in [3.8, 4) is 0 Å². The van der Waals surface area contributed by atoms with Crippen LogP contribution in [0.5, 0.6) is 0 Å². The summed E-state index contributed by atoms with van der Waals surface area (Å²) >= 11 is 0. The van der Waals surface area contributed by atoms with E-state index < -0.39 is 12.1 Å². The molecule has 0 aliphatic heterocycles. The third kappa shape index (κ3) is 2.08. The number of carbonyl (C=O) groups excluding carboxylic acids is 1. The van der Waals surface area contributed by atoms with Crippen molar-refractivity contribution in [1.29, 1.82) is 0 Å². The van der Waals surface area contributed by atoms with Crippen LogP contribution in [0.15, 0.2) is 24.5 Å². The number of rotatable bonds is 1. The summed E-state index contributed by atoms with van der Waals surface area (Å²) in [5, 5.41) is 0. The maximum absolute atomic E-state index is 12.2. The Kier molecular flexibility index (Phi) is 2.53. The number of anilines is 1. The minimum atomic E-state index is -4.88. The van der Waals surface area contributed by atoms with E-state index in [-0.39, 0.29) is 5.69 Å². The van der Waals surface area contributed by atoms with Gasteiger partial charge in [-0.25, -0.2) is 4.98 Å². The lowest BCUT2D eigenvalue weighted by Gasteiger charge is -2.18. The van der Waals surface area contributed by atoms with Gasteiger partial charge in [0.05, 0.1) is 17.4 Å². The standard InChI is InChI=1S/C10H8F3N3O/c1-16(9(17)10(11,12)13)6-2-3-7-8(4-6)15-5-14-7/h2-5H,1H3,(H,14,15). The molecule has 0 bridgehead atoms. The van der Waals surface area contributed by atoms with Gasteiger partial charge in [-0.15, -0.1) is 0 Å². The zero-order valence-electron chi connectivity index (χ0n) is 8.75. The van der Waals surface area contributed by atoms with E-state index in [1.165, 1.54) is 18.5 Å². The third-order valence-corrected chi connectivity index (χ3v) is 2.34. The van der Waals surface area contributed by atoms with E-state index in [0.29, 0.717) is 15.9 Å². The molecular formula is C10H8F3N3O. The van der Waals surface area contributed by atoms with Crippen LogP contribution in [0.1, 0.15) is 0 Å². The molecule has 0 spiro atoms. The number of imidazole rings is 1. The van der Waals surface area contributed by atoms with Crippen LogP contribution in [0.4, 0.5) is 18.9 Å². The zero-order valence-corrected chi connectivity index (χ0v) is 8.75. The molecule has 0 fully saturated rings. The number of aromatic nitrogens is 2. The Hall–Kier alpha value is -2.05. The maximum atomic E-state index is 12.2. The summed E-state index contributed by atoms with van der Waals surface area (Å²) < 4.78 is 36.7. The van der Waals surface area contributed by atoms with Crippen molar-refractivity contribution >= 4 is 22.6 Å². The number of carbonyl (C=O) groups is 1.